The van der Waals surface area contributed by atoms with Crippen molar-refractivity contribution in [2.75, 3.05) is 115 Å². The minimum Gasteiger partial charge on any atom is -0.382 e. The topological polar surface area (TPSA) is 410 Å². The van der Waals surface area contributed by atoms with Crippen LogP contribution >= 0.6 is 23.2 Å². The number of rotatable bonds is 25. The fourth-order valence-electron chi connectivity index (χ4n) is 4.00. The molecular weight excluding hydrogens is 811 g/mol. The van der Waals surface area contributed by atoms with Gasteiger partial charge in [0.05, 0.1) is 65.9 Å². The van der Waals surface area contributed by atoms with Crippen LogP contribution in [0.4, 0.5) is 32.9 Å². The summed E-state index contributed by atoms with van der Waals surface area (Å²) in [6.07, 6.45) is 1.31. The summed E-state index contributed by atoms with van der Waals surface area (Å²) in [5.41, 5.74) is 33.1. The van der Waals surface area contributed by atoms with E-state index in [9.17, 15) is 19.2 Å². The molecule has 28 heteroatoms. The van der Waals surface area contributed by atoms with Crippen LogP contribution in [0.5, 0.6) is 0 Å². The third-order valence-electron chi connectivity index (χ3n) is 6.74. The Morgan fingerprint density at radius 2 is 0.845 bits per heavy atom. The Morgan fingerprint density at radius 3 is 1.22 bits per heavy atom. The fourth-order valence-corrected chi connectivity index (χ4v) is 4.26. The summed E-state index contributed by atoms with van der Waals surface area (Å²) in [7, 11) is 0. The van der Waals surface area contributed by atoms with Crippen molar-refractivity contribution in [1.29, 1.82) is 0 Å². The number of halogens is 2. The van der Waals surface area contributed by atoms with Crippen molar-refractivity contribution in [1.82, 2.24) is 51.8 Å². The van der Waals surface area contributed by atoms with Gasteiger partial charge in [0, 0.05) is 26.2 Å². The monoisotopic (exact) mass is 860 g/mol. The third kappa shape index (κ3) is 20.4. The second kappa shape index (κ2) is 27.7. The van der Waals surface area contributed by atoms with Crippen LogP contribution < -0.4 is 66.3 Å². The number of hydrogen-bond acceptors (Lipinski definition) is 18. The SMILES string of the molecule is NC(=NCCOCCOCCNC(=O)NCCCCNC(=O)NCCOCCOCCN=C(N)NC(=O)c1nc(Cl)c(N)nc1N)NC(=O)c1nc(Cl)c(N)nc1N. The summed E-state index contributed by atoms with van der Waals surface area (Å²) in [5, 5.41) is 15.1. The first kappa shape index (κ1) is 48.3. The van der Waals surface area contributed by atoms with Crippen LogP contribution in [0, 0.1) is 0 Å². The van der Waals surface area contributed by atoms with E-state index in [0.717, 1.165) is 0 Å². The predicted molar refractivity (Wildman–Crippen MR) is 215 cm³/mol. The molecule has 0 spiro atoms. The van der Waals surface area contributed by atoms with Gasteiger partial charge >= 0.3 is 12.1 Å². The van der Waals surface area contributed by atoms with E-state index in [-0.39, 0.29) is 135 Å². The van der Waals surface area contributed by atoms with Gasteiger partial charge in [-0.1, -0.05) is 23.2 Å². The molecule has 2 aromatic rings. The average Bonchev–Trinajstić information content (AvgIpc) is 3.17. The first-order valence-corrected chi connectivity index (χ1v) is 18.3. The van der Waals surface area contributed by atoms with Gasteiger partial charge in [0.15, 0.2) is 56.9 Å². The molecule has 322 valence electrons. The van der Waals surface area contributed by atoms with Crippen molar-refractivity contribution in [3.63, 3.8) is 0 Å². The molecular formula is C30H50Cl2N18O8. The van der Waals surface area contributed by atoms with E-state index in [4.69, 9.17) is 76.6 Å². The molecule has 0 atom stereocenters. The maximum atomic E-state index is 12.2. The maximum Gasteiger partial charge on any atom is 0.314 e. The van der Waals surface area contributed by atoms with Crippen LogP contribution in [0.3, 0.4) is 0 Å². The lowest BCUT2D eigenvalue weighted by Gasteiger charge is -2.10. The van der Waals surface area contributed by atoms with Crippen LogP contribution in [-0.4, -0.2) is 148 Å². The van der Waals surface area contributed by atoms with Gasteiger partial charge in [0.2, 0.25) is 0 Å². The number of urea groups is 2. The van der Waals surface area contributed by atoms with E-state index in [1.54, 1.807) is 0 Å². The van der Waals surface area contributed by atoms with E-state index in [1.807, 2.05) is 0 Å². The first-order valence-electron chi connectivity index (χ1n) is 17.5. The van der Waals surface area contributed by atoms with E-state index in [1.165, 1.54) is 0 Å². The van der Waals surface area contributed by atoms with E-state index < -0.39 is 11.8 Å². The largest absolute Gasteiger partial charge is 0.382 e. The Labute approximate surface area is 342 Å². The molecule has 2 rings (SSSR count). The summed E-state index contributed by atoms with van der Waals surface area (Å²) in [6, 6.07) is -0.674. The molecule has 58 heavy (non-hydrogen) atoms. The molecule has 18 N–H and O–H groups in total. The van der Waals surface area contributed by atoms with Gasteiger partial charge in [-0.2, -0.15) is 0 Å². The Hall–Kier alpha value is -5.80. The number of aromatic nitrogens is 4. The van der Waals surface area contributed by atoms with Crippen LogP contribution in [0.1, 0.15) is 33.8 Å². The first-order chi connectivity index (χ1) is 27.8. The molecule has 0 aliphatic rings. The molecule has 0 unspecified atom stereocenters. The molecule has 26 nitrogen and oxygen atoms in total. The number of unbranched alkanes of at least 4 members (excludes halogenated alkanes) is 1. The lowest BCUT2D eigenvalue weighted by atomic mass is 10.3. The number of nitrogen functional groups attached to an aromatic ring is 4. The number of carbonyl (C=O) groups is 4. The van der Waals surface area contributed by atoms with Crippen molar-refractivity contribution in [3.8, 4) is 0 Å². The van der Waals surface area contributed by atoms with Crippen LogP contribution in [0.2, 0.25) is 10.3 Å². The molecule has 0 saturated carbocycles. The van der Waals surface area contributed by atoms with E-state index in [0.29, 0.717) is 39.0 Å². The second-order valence-corrected chi connectivity index (χ2v) is 11.9. The van der Waals surface area contributed by atoms with Gasteiger partial charge in [0.25, 0.3) is 11.8 Å². The zero-order valence-electron chi connectivity index (χ0n) is 31.5. The highest BCUT2D eigenvalue weighted by Gasteiger charge is 2.18. The fraction of sp³-hybridized carbons (Fsp3) is 0.533. The number of carbonyl (C=O) groups excluding carboxylic acids is 4. The van der Waals surface area contributed by atoms with Gasteiger partial charge in [0.1, 0.15) is 0 Å². The molecule has 0 aliphatic carbocycles. The highest BCUT2D eigenvalue weighted by molar-refractivity contribution is 6.32. The number of nitrogens with zero attached hydrogens (tertiary/aromatic N) is 6. The van der Waals surface area contributed by atoms with Gasteiger partial charge in [-0.05, 0) is 12.8 Å². The quantitative estimate of drug-likeness (QED) is 0.0271. The lowest BCUT2D eigenvalue weighted by molar-refractivity contribution is 0.0525. The van der Waals surface area contributed by atoms with Gasteiger partial charge in [-0.15, -0.1) is 0 Å². The Balaban J connectivity index is 1.34. The minimum atomic E-state index is -0.746. The normalized spacial score (nSPS) is 11.5. The molecule has 2 aromatic heterocycles. The Morgan fingerprint density at radius 1 is 0.500 bits per heavy atom. The van der Waals surface area contributed by atoms with Crippen LogP contribution in [0.15, 0.2) is 9.98 Å². The van der Waals surface area contributed by atoms with Crippen molar-refractivity contribution >= 4 is 82.3 Å². The van der Waals surface area contributed by atoms with E-state index in [2.05, 4.69) is 61.8 Å². The summed E-state index contributed by atoms with van der Waals surface area (Å²) in [6.45, 7) is 3.89. The number of hydrogen-bond donors (Lipinski definition) is 12. The van der Waals surface area contributed by atoms with Crippen molar-refractivity contribution in [3.05, 3.63) is 21.7 Å². The number of aliphatic imine (C=N–C) groups is 2. The summed E-state index contributed by atoms with van der Waals surface area (Å²) >= 11 is 11.5. The Kier molecular flexibility index (Phi) is 23.1. The van der Waals surface area contributed by atoms with Crippen LogP contribution in [0.25, 0.3) is 0 Å². The highest BCUT2D eigenvalue weighted by atomic mass is 35.5. The lowest BCUT2D eigenvalue weighted by Crippen LogP contribution is -2.39. The number of anilines is 4. The molecule has 0 aromatic carbocycles. The summed E-state index contributed by atoms with van der Waals surface area (Å²) in [4.78, 5) is 71.2. The number of amides is 6. The second-order valence-electron chi connectivity index (χ2n) is 11.2. The molecule has 2 heterocycles. The standard InChI is InChI=1S/C30H50Cl2N18O8/c31-19-23(35)47-21(33)17(45-19)25(51)49-27(37)39-5-9-55-13-15-57-11-7-43-29(53)41-3-1-2-4-42-30(54)44-8-12-58-16-14-56-10-6-40-28(38)50-26(52)18-22(34)48-24(36)20(32)46-18/h1-16H2,(H4,33,35,47)(H4,34,36,48)(H2,41,43,53)(H2,42,44,54)(H3,37,39,49,51)(H3,38,40,50,52). The maximum absolute atomic E-state index is 12.2. The number of nitrogens with one attached hydrogen (secondary N) is 6. The number of guanidine groups is 2. The summed E-state index contributed by atoms with van der Waals surface area (Å²) < 4.78 is 21.6. The van der Waals surface area contributed by atoms with Gasteiger partial charge < -0.3 is 74.6 Å². The number of ether oxygens (including phenoxy) is 4. The molecule has 0 radical (unpaired) electrons. The molecule has 6 amide bonds. The zero-order valence-corrected chi connectivity index (χ0v) is 33.0. The van der Waals surface area contributed by atoms with Crippen LogP contribution in [-0.2, 0) is 18.9 Å². The predicted octanol–water partition coefficient (Wildman–Crippen LogP) is -2.86. The van der Waals surface area contributed by atoms with Crippen molar-refractivity contribution in [2.24, 2.45) is 21.5 Å². The average molecular weight is 862 g/mol. The Bertz CT molecular complexity index is 1590. The number of nitrogens with two attached hydrogens (primary N) is 6. The molecule has 0 saturated heterocycles. The van der Waals surface area contributed by atoms with Gasteiger partial charge in [-0.3, -0.25) is 30.2 Å². The summed E-state index contributed by atoms with van der Waals surface area (Å²) in [5.74, 6) is -2.47. The third-order valence-corrected chi connectivity index (χ3v) is 7.30. The smallest absolute Gasteiger partial charge is 0.314 e. The van der Waals surface area contributed by atoms with Gasteiger partial charge in [-0.25, -0.2) is 29.5 Å². The van der Waals surface area contributed by atoms with E-state index >= 15 is 0 Å². The minimum absolute atomic E-state index is 0.106. The zero-order chi connectivity index (χ0) is 42.7. The van der Waals surface area contributed by atoms with Crippen molar-refractivity contribution < 1.29 is 38.1 Å². The molecule has 0 bridgehead atoms. The highest BCUT2D eigenvalue weighted by Crippen LogP contribution is 2.18. The molecule has 0 aliphatic heterocycles. The van der Waals surface area contributed by atoms with Crippen molar-refractivity contribution in [2.45, 2.75) is 12.8 Å². The molecule has 0 fully saturated rings.